The van der Waals surface area contributed by atoms with Crippen molar-refractivity contribution in [1.82, 2.24) is 20.1 Å². The minimum atomic E-state index is -0.0499. The molecule has 25 heavy (non-hydrogen) atoms. The average Bonchev–Trinajstić information content (AvgIpc) is 3.24. The Labute approximate surface area is 148 Å². The second-order valence-corrected chi connectivity index (χ2v) is 7.25. The highest BCUT2D eigenvalue weighted by Gasteiger charge is 2.31. The maximum absolute atomic E-state index is 12.9. The first-order valence-corrected chi connectivity index (χ1v) is 9.49. The molecule has 1 aliphatic heterocycles. The van der Waals surface area contributed by atoms with Gasteiger partial charge in [0.25, 0.3) is 5.91 Å². The summed E-state index contributed by atoms with van der Waals surface area (Å²) in [6.07, 6.45) is 7.86. The van der Waals surface area contributed by atoms with Gasteiger partial charge in [0.1, 0.15) is 0 Å². The highest BCUT2D eigenvalue weighted by atomic mass is 16.4. The minimum absolute atomic E-state index is 0.0499. The van der Waals surface area contributed by atoms with E-state index in [4.69, 9.17) is 4.42 Å². The van der Waals surface area contributed by atoms with Crippen LogP contribution >= 0.6 is 0 Å². The van der Waals surface area contributed by atoms with Gasteiger partial charge in [0.15, 0.2) is 5.89 Å². The lowest BCUT2D eigenvalue weighted by molar-refractivity contribution is 0.0698. The Morgan fingerprint density at radius 3 is 2.84 bits per heavy atom. The van der Waals surface area contributed by atoms with Crippen molar-refractivity contribution in [3.8, 4) is 0 Å². The zero-order valence-corrected chi connectivity index (χ0v) is 15.1. The van der Waals surface area contributed by atoms with Crippen molar-refractivity contribution in [1.29, 1.82) is 0 Å². The summed E-state index contributed by atoms with van der Waals surface area (Å²) in [5.74, 6) is 1.52. The van der Waals surface area contributed by atoms with Gasteiger partial charge in [0.05, 0.1) is 11.4 Å². The summed E-state index contributed by atoms with van der Waals surface area (Å²) in [7, 11) is 0. The molecule has 1 saturated carbocycles. The molecule has 0 atom stereocenters. The fourth-order valence-corrected chi connectivity index (χ4v) is 4.15. The Balaban J connectivity index is 1.56. The van der Waals surface area contributed by atoms with Crippen LogP contribution in [0.1, 0.15) is 84.0 Å². The third kappa shape index (κ3) is 2.98. The van der Waals surface area contributed by atoms with Crippen molar-refractivity contribution in [2.24, 2.45) is 0 Å². The van der Waals surface area contributed by atoms with E-state index in [0.717, 1.165) is 6.42 Å². The molecular formula is C19H26N4O2. The summed E-state index contributed by atoms with van der Waals surface area (Å²) >= 11 is 0. The maximum Gasteiger partial charge on any atom is 0.291 e. The molecule has 4 rings (SSSR count). The molecule has 1 aliphatic carbocycles. The number of oxazole rings is 1. The van der Waals surface area contributed by atoms with E-state index in [0.29, 0.717) is 42.8 Å². The number of aromatic amines is 1. The van der Waals surface area contributed by atoms with Crippen LogP contribution in [0.5, 0.6) is 0 Å². The number of amides is 1. The number of carbonyl (C=O) groups excluding carboxylic acids is 1. The molecule has 1 amide bonds. The summed E-state index contributed by atoms with van der Waals surface area (Å²) < 4.78 is 5.67. The molecule has 0 bridgehead atoms. The fourth-order valence-electron chi connectivity index (χ4n) is 4.15. The summed E-state index contributed by atoms with van der Waals surface area (Å²) in [5.41, 5.74) is 4.32. The molecule has 6 heteroatoms. The number of carbonyl (C=O) groups is 1. The predicted octanol–water partition coefficient (Wildman–Crippen LogP) is 3.51. The van der Waals surface area contributed by atoms with Gasteiger partial charge in [-0.2, -0.15) is 5.10 Å². The lowest BCUT2D eigenvalue weighted by atomic mass is 9.84. The number of aryl methyl sites for hydroxylation is 2. The van der Waals surface area contributed by atoms with E-state index in [2.05, 4.69) is 15.2 Å². The van der Waals surface area contributed by atoms with Crippen molar-refractivity contribution in [2.45, 2.75) is 71.3 Å². The normalized spacial score (nSPS) is 18.4. The molecule has 2 aliphatic rings. The molecule has 2 aromatic heterocycles. The van der Waals surface area contributed by atoms with E-state index in [-0.39, 0.29) is 5.91 Å². The standard InChI is InChI=1S/C19H26N4O2/c1-3-16-20-12(2)18(25-16)19(24)23-10-9-15-14(11-23)17(22-21-15)13-7-5-4-6-8-13/h13H,3-11H2,1-2H3,(H,21,22). The van der Waals surface area contributed by atoms with Gasteiger partial charge in [-0.05, 0) is 19.8 Å². The number of H-pyrrole nitrogens is 1. The highest BCUT2D eigenvalue weighted by molar-refractivity contribution is 5.92. The number of hydrogen-bond donors (Lipinski definition) is 1. The van der Waals surface area contributed by atoms with E-state index >= 15 is 0 Å². The van der Waals surface area contributed by atoms with E-state index < -0.39 is 0 Å². The summed E-state index contributed by atoms with van der Waals surface area (Å²) in [5, 5.41) is 7.85. The van der Waals surface area contributed by atoms with Crippen molar-refractivity contribution in [2.75, 3.05) is 6.54 Å². The number of aromatic nitrogens is 3. The number of nitrogens with zero attached hydrogens (tertiary/aromatic N) is 3. The third-order valence-corrected chi connectivity index (χ3v) is 5.58. The first kappa shape index (κ1) is 16.4. The molecule has 0 aromatic carbocycles. The molecule has 0 spiro atoms. The summed E-state index contributed by atoms with van der Waals surface area (Å²) in [6.45, 7) is 5.14. The van der Waals surface area contributed by atoms with Crippen LogP contribution in [-0.4, -0.2) is 32.5 Å². The molecule has 2 aromatic rings. The Morgan fingerprint density at radius 2 is 2.12 bits per heavy atom. The van der Waals surface area contributed by atoms with Gasteiger partial charge >= 0.3 is 0 Å². The van der Waals surface area contributed by atoms with Crippen LogP contribution in [-0.2, 0) is 19.4 Å². The SMILES string of the molecule is CCc1nc(C)c(C(=O)N2CCc3[nH]nc(C4CCCCC4)c3C2)o1. The Bertz CT molecular complexity index is 770. The molecular weight excluding hydrogens is 316 g/mol. The van der Waals surface area contributed by atoms with Crippen LogP contribution in [0.4, 0.5) is 0 Å². The Hall–Kier alpha value is -2.11. The van der Waals surface area contributed by atoms with Crippen LogP contribution in [0, 0.1) is 6.92 Å². The number of fused-ring (bicyclic) bond motifs is 1. The monoisotopic (exact) mass is 342 g/mol. The van der Waals surface area contributed by atoms with Gasteiger partial charge in [-0.15, -0.1) is 0 Å². The molecule has 6 nitrogen and oxygen atoms in total. The zero-order chi connectivity index (χ0) is 17.4. The molecule has 0 radical (unpaired) electrons. The number of nitrogens with one attached hydrogen (secondary N) is 1. The first-order valence-electron chi connectivity index (χ1n) is 9.49. The summed E-state index contributed by atoms with van der Waals surface area (Å²) in [4.78, 5) is 19.2. The minimum Gasteiger partial charge on any atom is -0.435 e. The van der Waals surface area contributed by atoms with Gasteiger partial charge in [0, 0.05) is 43.1 Å². The topological polar surface area (TPSA) is 75.0 Å². The van der Waals surface area contributed by atoms with Crippen molar-refractivity contribution < 1.29 is 9.21 Å². The average molecular weight is 342 g/mol. The van der Waals surface area contributed by atoms with E-state index in [1.807, 2.05) is 18.7 Å². The smallest absolute Gasteiger partial charge is 0.291 e. The van der Waals surface area contributed by atoms with Crippen LogP contribution in [0.15, 0.2) is 4.42 Å². The second kappa shape index (κ2) is 6.65. The van der Waals surface area contributed by atoms with Crippen molar-refractivity contribution in [3.05, 3.63) is 34.3 Å². The molecule has 134 valence electrons. The molecule has 1 N–H and O–H groups in total. The molecule has 1 fully saturated rings. The Kier molecular flexibility index (Phi) is 4.36. The fraction of sp³-hybridized carbons (Fsp3) is 0.632. The van der Waals surface area contributed by atoms with E-state index in [1.165, 1.54) is 49.1 Å². The second-order valence-electron chi connectivity index (χ2n) is 7.25. The molecule has 3 heterocycles. The lowest BCUT2D eigenvalue weighted by Crippen LogP contribution is -2.36. The molecule has 0 unspecified atom stereocenters. The largest absolute Gasteiger partial charge is 0.435 e. The van der Waals surface area contributed by atoms with Crippen LogP contribution in [0.3, 0.4) is 0 Å². The van der Waals surface area contributed by atoms with Gasteiger partial charge in [-0.25, -0.2) is 4.98 Å². The van der Waals surface area contributed by atoms with E-state index in [9.17, 15) is 4.79 Å². The summed E-state index contributed by atoms with van der Waals surface area (Å²) in [6, 6.07) is 0. The van der Waals surface area contributed by atoms with Gasteiger partial charge < -0.3 is 9.32 Å². The van der Waals surface area contributed by atoms with Crippen LogP contribution in [0.2, 0.25) is 0 Å². The number of rotatable bonds is 3. The van der Waals surface area contributed by atoms with Gasteiger partial charge in [-0.3, -0.25) is 9.89 Å². The lowest BCUT2D eigenvalue weighted by Gasteiger charge is -2.28. The van der Waals surface area contributed by atoms with Crippen molar-refractivity contribution >= 4 is 5.91 Å². The van der Waals surface area contributed by atoms with Crippen molar-refractivity contribution in [3.63, 3.8) is 0 Å². The van der Waals surface area contributed by atoms with E-state index in [1.54, 1.807) is 0 Å². The third-order valence-electron chi connectivity index (χ3n) is 5.58. The Morgan fingerprint density at radius 1 is 1.32 bits per heavy atom. The predicted molar refractivity (Wildman–Crippen MR) is 93.5 cm³/mol. The van der Waals surface area contributed by atoms with Crippen LogP contribution in [0.25, 0.3) is 0 Å². The highest BCUT2D eigenvalue weighted by Crippen LogP contribution is 2.36. The zero-order valence-electron chi connectivity index (χ0n) is 15.1. The molecule has 0 saturated heterocycles. The maximum atomic E-state index is 12.9. The quantitative estimate of drug-likeness (QED) is 0.926. The first-order chi connectivity index (χ1) is 12.2. The van der Waals surface area contributed by atoms with Crippen LogP contribution < -0.4 is 0 Å². The van der Waals surface area contributed by atoms with Gasteiger partial charge in [0.2, 0.25) is 5.76 Å². The van der Waals surface area contributed by atoms with Gasteiger partial charge in [-0.1, -0.05) is 26.2 Å². The number of hydrogen-bond acceptors (Lipinski definition) is 4.